The Balaban J connectivity index is 0.000000159. The molecule has 16 heteroatoms. The molecule has 0 aliphatic carbocycles. The van der Waals surface area contributed by atoms with E-state index in [-0.39, 0.29) is 103 Å². The third-order valence-corrected chi connectivity index (χ3v) is 22.1. The summed E-state index contributed by atoms with van der Waals surface area (Å²) in [5.74, 6) is -2.79. The monoisotopic (exact) mass is 2590 g/mol. The van der Waals surface area contributed by atoms with E-state index in [2.05, 4.69) is 94.5 Å². The van der Waals surface area contributed by atoms with Crippen molar-refractivity contribution in [1.82, 2.24) is 39.9 Å². The van der Waals surface area contributed by atoms with Crippen molar-refractivity contribution >= 4 is 87.8 Å². The molecule has 0 aliphatic heterocycles. The molecule has 0 fully saturated rings. The van der Waals surface area contributed by atoms with Gasteiger partial charge in [0, 0.05) is 183 Å². The van der Waals surface area contributed by atoms with Crippen molar-refractivity contribution < 1.29 is 135 Å². The Bertz CT molecular complexity index is 9090. The van der Waals surface area contributed by atoms with Crippen molar-refractivity contribution in [3.8, 4) is 90.1 Å². The van der Waals surface area contributed by atoms with Crippen LogP contribution in [0, 0.1) is 110 Å². The van der Waals surface area contributed by atoms with E-state index < -0.39 is 67.1 Å². The summed E-state index contributed by atoms with van der Waals surface area (Å²) < 4.78 is 228. The number of aromatic nitrogens is 8. The second-order valence-corrected chi connectivity index (χ2v) is 31.5. The van der Waals surface area contributed by atoms with E-state index in [9.17, 15) is 0 Å². The SMILES string of the molecule is [2H]C([2H])([2H])C([2H])([2H])c1ccnc(-c2[c-]ccc3c2oc2ccccc23)c1.[2H]C([2H])([2H])C([2H])(c1ccnc(-c2[c-]ccc3c2oc2ccccc23)c1)C([2H])([2H])[2H].[2H]C([2H])([2H])c1ccnc(-c2[c-]ccc3c2oc2ccccc23)c1.[2H]C([2H])([2H])c1cnc(-c2[c-]cccc2)cc1C.[2H]C([2H])([2H])c1cnc(-c2[c-]cccc2)cc1C.[2H]C([2H])([2H])c1cnc(-c2[c-]cccc2)cc1C.[2H]C([2H])([2H])c1cnc(-c2[c-]cccc2)cc1C.[Ir].[Ir].[Ir].[Ir].[c-]1cc2c(cc1-c1ccccn1)oc1ccccc12. The maximum absolute atomic E-state index is 8.39. The number of hydrogen-bond donors (Lipinski definition) is 0. The maximum atomic E-state index is 8.39. The van der Waals surface area contributed by atoms with Gasteiger partial charge in [-0.3, -0.25) is 0 Å². The first kappa shape index (κ1) is 73.7. The number of furan rings is 4. The van der Waals surface area contributed by atoms with Gasteiger partial charge in [0.25, 0.3) is 0 Å². The van der Waals surface area contributed by atoms with Crippen molar-refractivity contribution in [2.75, 3.05) is 0 Å². The molecule has 12 aromatic carbocycles. The smallest absolute Gasteiger partial charge is 0.123 e. The minimum absolute atomic E-state index is 0. The number of para-hydroxylation sites is 4. The molecule has 4 radical (unpaired) electrons. The molecule has 0 amide bonds. The zero-order chi connectivity index (χ0) is 118. The molecule has 0 aliphatic rings. The van der Waals surface area contributed by atoms with Crippen LogP contribution < -0.4 is 0 Å². The van der Waals surface area contributed by atoms with Gasteiger partial charge in [-0.1, -0.05) is 231 Å². The number of rotatable bonds is 10. The first-order valence-corrected chi connectivity index (χ1v) is 43.6. The average molecular weight is 2590 g/mol. The first-order valence-electron chi connectivity index (χ1n) is 57.1. The summed E-state index contributed by atoms with van der Waals surface area (Å²) in [4.78, 5) is 33.9. The fourth-order valence-corrected chi connectivity index (χ4v) is 14.9. The van der Waals surface area contributed by atoms with Gasteiger partial charge in [0.1, 0.15) is 22.3 Å². The summed E-state index contributed by atoms with van der Waals surface area (Å²) in [7, 11) is 0. The van der Waals surface area contributed by atoms with Crippen molar-refractivity contribution in [1.29, 1.82) is 0 Å². The first-order chi connectivity index (χ1) is 78.2. The van der Waals surface area contributed by atoms with Crippen LogP contribution in [-0.4, -0.2) is 39.9 Å². The van der Waals surface area contributed by atoms with Crippen LogP contribution in [0.15, 0.2) is 389 Å². The van der Waals surface area contributed by atoms with Gasteiger partial charge in [0.05, 0.1) is 22.3 Å². The molecular formula is C126H100Ir4N8O4-8. The molecule has 12 aromatic heterocycles. The third kappa shape index (κ3) is 25.5. The van der Waals surface area contributed by atoms with E-state index in [0.717, 1.165) is 144 Å². The molecule has 24 rings (SSSR count). The fourth-order valence-electron chi connectivity index (χ4n) is 14.9. The molecule has 0 unspecified atom stereocenters. The van der Waals surface area contributed by atoms with Gasteiger partial charge in [0.2, 0.25) is 0 Å². The number of pyridine rings is 8. The van der Waals surface area contributed by atoms with E-state index in [1.54, 1.807) is 76.4 Å². The summed E-state index contributed by atoms with van der Waals surface area (Å²) in [6, 6.07) is 122. The van der Waals surface area contributed by atoms with Crippen molar-refractivity contribution in [2.45, 2.75) is 94.8 Å². The molecule has 0 saturated heterocycles. The zero-order valence-corrected chi connectivity index (χ0v) is 85.8. The standard InChI is InChI=1S/C20H16NO.C19H14NO.C18H12NO.C17H10NO.4C13H12N.4Ir/c1-13(2)14-10-11-21-18(12-14)17-8-5-7-16-15-6-3-4-9-19(15)22-20(16)17;1-2-13-10-11-20-17(12-13)16-8-5-7-15-14-6-3-4-9-18(14)21-19(15)16;1-12-9-10-19-16(11-12)15-7-4-6-14-13-5-2-3-8-17(13)20-18(14)15;1-2-7-16-13(5-1)14-9-8-12(11-17(14)19-16)15-6-3-4-10-18-15;4*1-10-8-13(14-9-11(10)2)12-6-4-3-5-7-12;;;;/h3-7,9-13H,1-2H3;3-7,9-12H,2H2,1H3;2-6,8-11H,1H3;1-7,9-11H;4*3-6,8-9H,1-2H3;;;;/q8*-1;;;;/i1D3,2D3,13D;1D3,2D2;1D3;;4*2D3;;;;. The van der Waals surface area contributed by atoms with Crippen LogP contribution in [0.3, 0.4) is 0 Å². The van der Waals surface area contributed by atoms with Gasteiger partial charge < -0.3 is 57.5 Å². The van der Waals surface area contributed by atoms with E-state index in [1.165, 1.54) is 73.7 Å². The molecule has 24 aromatic rings. The van der Waals surface area contributed by atoms with Gasteiger partial charge >= 0.3 is 0 Å². The Kier molecular flexibility index (Phi) is 26.0. The topological polar surface area (TPSA) is 156 Å². The Morgan fingerprint density at radius 1 is 0.275 bits per heavy atom. The van der Waals surface area contributed by atoms with E-state index in [1.807, 2.05) is 243 Å². The molecule has 0 spiro atoms. The summed E-state index contributed by atoms with van der Waals surface area (Å²) in [5.41, 5.74) is 21.3. The second-order valence-electron chi connectivity index (χ2n) is 31.5. The van der Waals surface area contributed by atoms with Crippen LogP contribution in [0.5, 0.6) is 0 Å². The molecule has 142 heavy (non-hydrogen) atoms. The van der Waals surface area contributed by atoms with E-state index in [0.29, 0.717) is 72.7 Å². The Hall–Kier alpha value is -14.4. The van der Waals surface area contributed by atoms with E-state index >= 15 is 0 Å². The minimum Gasteiger partial charge on any atom is -0.501 e. The van der Waals surface area contributed by atoms with Gasteiger partial charge in [-0.2, -0.15) is 0 Å². The Morgan fingerprint density at radius 2 is 0.641 bits per heavy atom. The predicted molar refractivity (Wildman–Crippen MR) is 563 cm³/mol. The molecular weight excluding hydrogens is 2460 g/mol. The van der Waals surface area contributed by atoms with Gasteiger partial charge in [-0.25, -0.2) is 0 Å². The summed E-state index contributed by atoms with van der Waals surface area (Å²) in [6.45, 7) is -12.3. The predicted octanol–water partition coefficient (Wildman–Crippen LogP) is 32.4. The molecule has 0 N–H and O–H groups in total. The number of hydrogen-bond acceptors (Lipinski definition) is 12. The van der Waals surface area contributed by atoms with E-state index in [4.69, 9.17) is 54.7 Å². The maximum Gasteiger partial charge on any atom is 0.123 e. The van der Waals surface area contributed by atoms with Crippen LogP contribution in [0.2, 0.25) is 0 Å². The second kappa shape index (κ2) is 50.2. The number of aryl methyl sites for hydroxylation is 10. The third-order valence-electron chi connectivity index (χ3n) is 22.1. The van der Waals surface area contributed by atoms with Crippen molar-refractivity contribution in [3.63, 3.8) is 0 Å². The van der Waals surface area contributed by atoms with Crippen molar-refractivity contribution in [3.05, 3.63) is 481 Å². The summed E-state index contributed by atoms with van der Waals surface area (Å²) >= 11 is 0. The zero-order valence-electron chi connectivity index (χ0n) is 103. The van der Waals surface area contributed by atoms with Crippen LogP contribution in [0.1, 0.15) is 125 Å². The number of fused-ring (bicyclic) bond motifs is 12. The molecule has 12 heterocycles. The van der Waals surface area contributed by atoms with Gasteiger partial charge in [-0.15, -0.1) is 216 Å². The van der Waals surface area contributed by atoms with Crippen LogP contribution in [0.4, 0.5) is 0 Å². The Morgan fingerprint density at radius 3 is 1.01 bits per heavy atom. The number of nitrogens with zero attached hydrogens (tertiary/aromatic N) is 8. The fraction of sp³-hybridized carbons (Fsp3) is 0.111. The normalized spacial score (nSPS) is 14.2. The molecule has 712 valence electrons. The Labute approximate surface area is 922 Å². The number of benzene rings is 12. The minimum atomic E-state index is -3.06. The largest absolute Gasteiger partial charge is 0.501 e. The molecule has 12 nitrogen and oxygen atoms in total. The van der Waals surface area contributed by atoms with Crippen molar-refractivity contribution in [2.24, 2.45) is 0 Å². The summed E-state index contributed by atoms with van der Waals surface area (Å²) in [5, 5.41) is 7.82. The van der Waals surface area contributed by atoms with Gasteiger partial charge in [-0.05, 0) is 196 Å². The quantitative estimate of drug-likeness (QED) is 0.120. The van der Waals surface area contributed by atoms with Gasteiger partial charge in [0.15, 0.2) is 0 Å². The van der Waals surface area contributed by atoms with Crippen LogP contribution >= 0.6 is 0 Å². The average Bonchev–Trinajstić information content (AvgIpc) is 1.35. The molecule has 0 atom stereocenters. The van der Waals surface area contributed by atoms with Crippen LogP contribution in [0.25, 0.3) is 178 Å². The molecule has 0 bridgehead atoms. The summed E-state index contributed by atoms with van der Waals surface area (Å²) in [6.07, 6.45) is 9.24. The van der Waals surface area contributed by atoms with Crippen LogP contribution in [-0.2, 0) is 86.8 Å². The molecule has 0 saturated carbocycles.